The molecule has 2 aromatic heterocycles. The molecule has 0 spiro atoms. The predicted molar refractivity (Wildman–Crippen MR) is 78.4 cm³/mol. The van der Waals surface area contributed by atoms with E-state index in [-0.39, 0.29) is 11.9 Å². The zero-order chi connectivity index (χ0) is 14.2. The molecule has 1 aliphatic rings. The third kappa shape index (κ3) is 2.13. The lowest BCUT2D eigenvalue weighted by Crippen LogP contribution is -2.32. The van der Waals surface area contributed by atoms with Crippen molar-refractivity contribution in [3.8, 4) is 0 Å². The average Bonchev–Trinajstić information content (AvgIpc) is 2.97. The van der Waals surface area contributed by atoms with E-state index in [9.17, 15) is 4.39 Å². The first kappa shape index (κ1) is 12.3. The van der Waals surface area contributed by atoms with E-state index in [1.165, 1.54) is 12.4 Å². The number of rotatable bonds is 2. The molecular formula is C15H14FN5. The predicted octanol–water partition coefficient (Wildman–Crippen LogP) is 2.35. The number of nitrogens with zero attached hydrogens (tertiary/aromatic N) is 2. The van der Waals surface area contributed by atoms with Gasteiger partial charge in [0.05, 0.1) is 11.4 Å². The van der Waals surface area contributed by atoms with Crippen molar-refractivity contribution in [3.05, 3.63) is 53.7 Å². The van der Waals surface area contributed by atoms with Crippen LogP contribution < -0.4 is 10.6 Å². The minimum atomic E-state index is -0.211. The van der Waals surface area contributed by atoms with E-state index in [1.807, 2.05) is 18.3 Å². The van der Waals surface area contributed by atoms with Crippen LogP contribution in [0.4, 0.5) is 10.2 Å². The van der Waals surface area contributed by atoms with Gasteiger partial charge in [-0.25, -0.2) is 14.4 Å². The highest BCUT2D eigenvalue weighted by molar-refractivity contribution is 5.86. The second-order valence-electron chi connectivity index (χ2n) is 5.13. The highest BCUT2D eigenvalue weighted by Crippen LogP contribution is 2.28. The first-order valence-corrected chi connectivity index (χ1v) is 6.85. The SMILES string of the molecule is Fc1ccc2c(c1)C(Nc1ncnc3[nH]ccc13)CNC2. The van der Waals surface area contributed by atoms with Gasteiger partial charge in [-0.1, -0.05) is 6.07 Å². The first-order chi connectivity index (χ1) is 10.3. The molecule has 0 amide bonds. The molecule has 0 saturated heterocycles. The molecule has 6 heteroatoms. The first-order valence-electron chi connectivity index (χ1n) is 6.85. The molecule has 1 unspecified atom stereocenters. The minimum Gasteiger partial charge on any atom is -0.361 e. The van der Waals surface area contributed by atoms with Crippen LogP contribution in [0.15, 0.2) is 36.8 Å². The van der Waals surface area contributed by atoms with Gasteiger partial charge in [-0.05, 0) is 29.3 Å². The molecule has 3 aromatic rings. The third-order valence-electron chi connectivity index (χ3n) is 3.81. The van der Waals surface area contributed by atoms with Crippen molar-refractivity contribution in [2.24, 2.45) is 0 Å². The third-order valence-corrected chi connectivity index (χ3v) is 3.81. The molecule has 21 heavy (non-hydrogen) atoms. The number of benzene rings is 1. The summed E-state index contributed by atoms with van der Waals surface area (Å²) in [6, 6.07) is 6.84. The van der Waals surface area contributed by atoms with Gasteiger partial charge in [0.2, 0.25) is 0 Å². The van der Waals surface area contributed by atoms with Crippen LogP contribution in [0.2, 0.25) is 0 Å². The summed E-state index contributed by atoms with van der Waals surface area (Å²) in [5.74, 6) is 0.544. The Kier molecular flexibility index (Phi) is 2.82. The lowest BCUT2D eigenvalue weighted by Gasteiger charge is -2.27. The number of anilines is 1. The second-order valence-corrected chi connectivity index (χ2v) is 5.13. The van der Waals surface area contributed by atoms with Crippen molar-refractivity contribution in [1.82, 2.24) is 20.3 Å². The molecule has 0 saturated carbocycles. The molecule has 0 radical (unpaired) electrons. The lowest BCUT2D eigenvalue weighted by molar-refractivity contribution is 0.564. The van der Waals surface area contributed by atoms with Gasteiger partial charge in [0.15, 0.2) is 0 Å². The van der Waals surface area contributed by atoms with Gasteiger partial charge < -0.3 is 15.6 Å². The second kappa shape index (κ2) is 4.82. The maximum Gasteiger partial charge on any atom is 0.142 e. The summed E-state index contributed by atoms with van der Waals surface area (Å²) >= 11 is 0. The van der Waals surface area contributed by atoms with Crippen molar-refractivity contribution >= 4 is 16.9 Å². The Morgan fingerprint density at radius 2 is 2.19 bits per heavy atom. The molecule has 1 atom stereocenters. The zero-order valence-electron chi connectivity index (χ0n) is 11.2. The van der Waals surface area contributed by atoms with Crippen molar-refractivity contribution in [2.45, 2.75) is 12.6 Å². The molecule has 1 aromatic carbocycles. The summed E-state index contributed by atoms with van der Waals surface area (Å²) in [6.07, 6.45) is 3.35. The van der Waals surface area contributed by atoms with Crippen molar-refractivity contribution < 1.29 is 4.39 Å². The maximum atomic E-state index is 13.5. The van der Waals surface area contributed by atoms with Gasteiger partial charge in [0.1, 0.15) is 23.6 Å². The van der Waals surface area contributed by atoms with Crippen molar-refractivity contribution in [2.75, 3.05) is 11.9 Å². The Labute approximate surface area is 120 Å². The van der Waals surface area contributed by atoms with Crippen LogP contribution in [0.25, 0.3) is 11.0 Å². The summed E-state index contributed by atoms with van der Waals surface area (Å²) in [4.78, 5) is 11.5. The molecule has 0 fully saturated rings. The highest BCUT2D eigenvalue weighted by Gasteiger charge is 2.21. The van der Waals surface area contributed by atoms with Gasteiger partial charge in [0, 0.05) is 19.3 Å². The fourth-order valence-electron chi connectivity index (χ4n) is 2.79. The topological polar surface area (TPSA) is 65.6 Å². The molecule has 1 aliphatic heterocycles. The van der Waals surface area contributed by atoms with Gasteiger partial charge in [-0.2, -0.15) is 0 Å². The van der Waals surface area contributed by atoms with Crippen LogP contribution in [-0.2, 0) is 6.54 Å². The number of hydrogen-bond donors (Lipinski definition) is 3. The van der Waals surface area contributed by atoms with Gasteiger partial charge in [-0.3, -0.25) is 0 Å². The molecular weight excluding hydrogens is 269 g/mol. The fraction of sp³-hybridized carbons (Fsp3) is 0.200. The summed E-state index contributed by atoms with van der Waals surface area (Å²) in [5.41, 5.74) is 2.88. The molecule has 0 bridgehead atoms. The van der Waals surface area contributed by atoms with Crippen LogP contribution in [-0.4, -0.2) is 21.5 Å². The number of H-pyrrole nitrogens is 1. The van der Waals surface area contributed by atoms with Crippen molar-refractivity contribution in [3.63, 3.8) is 0 Å². The van der Waals surface area contributed by atoms with E-state index in [4.69, 9.17) is 0 Å². The summed E-state index contributed by atoms with van der Waals surface area (Å²) in [7, 11) is 0. The van der Waals surface area contributed by atoms with Crippen LogP contribution in [0.3, 0.4) is 0 Å². The maximum absolute atomic E-state index is 13.5. The van der Waals surface area contributed by atoms with Crippen LogP contribution in [0.1, 0.15) is 17.2 Å². The molecule has 0 aliphatic carbocycles. The summed E-state index contributed by atoms with van der Waals surface area (Å²) < 4.78 is 13.5. The van der Waals surface area contributed by atoms with Crippen LogP contribution in [0.5, 0.6) is 0 Å². The molecule has 4 rings (SSSR count). The Bertz CT molecular complexity index is 798. The summed E-state index contributed by atoms with van der Waals surface area (Å²) in [6.45, 7) is 1.49. The van der Waals surface area contributed by atoms with E-state index in [0.29, 0.717) is 0 Å². The monoisotopic (exact) mass is 283 g/mol. The van der Waals surface area contributed by atoms with E-state index in [0.717, 1.165) is 41.1 Å². The van der Waals surface area contributed by atoms with Gasteiger partial charge in [-0.15, -0.1) is 0 Å². The van der Waals surface area contributed by atoms with Crippen LogP contribution in [0, 0.1) is 5.82 Å². The average molecular weight is 283 g/mol. The molecule has 106 valence electrons. The Balaban J connectivity index is 1.73. The Morgan fingerprint density at radius 3 is 3.14 bits per heavy atom. The van der Waals surface area contributed by atoms with E-state index >= 15 is 0 Å². The number of halogens is 1. The number of aromatic amines is 1. The number of fused-ring (bicyclic) bond motifs is 2. The smallest absolute Gasteiger partial charge is 0.142 e. The van der Waals surface area contributed by atoms with E-state index in [1.54, 1.807) is 6.07 Å². The highest BCUT2D eigenvalue weighted by atomic mass is 19.1. The van der Waals surface area contributed by atoms with Gasteiger partial charge in [0.25, 0.3) is 0 Å². The Morgan fingerprint density at radius 1 is 1.24 bits per heavy atom. The standard InChI is InChI=1S/C15H14FN5/c16-10-2-1-9-6-17-7-13(12(9)5-10)21-15-11-3-4-18-14(11)19-8-20-15/h1-5,8,13,17H,6-7H2,(H2,18,19,20,21). The number of nitrogens with one attached hydrogen (secondary N) is 3. The lowest BCUT2D eigenvalue weighted by atomic mass is 9.96. The van der Waals surface area contributed by atoms with E-state index in [2.05, 4.69) is 25.6 Å². The van der Waals surface area contributed by atoms with Crippen molar-refractivity contribution in [1.29, 1.82) is 0 Å². The minimum absolute atomic E-state index is 0.0163. The quantitative estimate of drug-likeness (QED) is 0.675. The number of aromatic nitrogens is 3. The molecule has 5 nitrogen and oxygen atoms in total. The number of hydrogen-bond acceptors (Lipinski definition) is 4. The van der Waals surface area contributed by atoms with Crippen LogP contribution >= 0.6 is 0 Å². The van der Waals surface area contributed by atoms with Gasteiger partial charge >= 0.3 is 0 Å². The fourth-order valence-corrected chi connectivity index (χ4v) is 2.79. The summed E-state index contributed by atoms with van der Waals surface area (Å²) in [5, 5.41) is 7.66. The zero-order valence-corrected chi connectivity index (χ0v) is 11.2. The van der Waals surface area contributed by atoms with E-state index < -0.39 is 0 Å². The molecule has 3 N–H and O–H groups in total. The normalized spacial score (nSPS) is 17.7. The largest absolute Gasteiger partial charge is 0.361 e. The Hall–Kier alpha value is -2.47. The molecule has 3 heterocycles.